The van der Waals surface area contributed by atoms with Crippen LogP contribution >= 0.6 is 11.3 Å². The second kappa shape index (κ2) is 5.13. The fourth-order valence-electron chi connectivity index (χ4n) is 1.97. The second-order valence-electron chi connectivity index (χ2n) is 4.71. The number of aryl methyl sites for hydroxylation is 2. The van der Waals surface area contributed by atoms with Crippen LogP contribution in [0.25, 0.3) is 10.6 Å². The van der Waals surface area contributed by atoms with Crippen molar-refractivity contribution >= 4 is 17.3 Å². The number of hydrogen-bond acceptors (Lipinski definition) is 4. The molecule has 0 aliphatic rings. The standard InChI is InChI=1S/C13H17N3O2S/c1-5-9-8(6-16(4)15-9)12-14-10(7(2)3)11(19-12)13(17)18/h6-7H,5H2,1-4H3,(H,17,18). The zero-order chi connectivity index (χ0) is 14.2. The van der Waals surface area contributed by atoms with Gasteiger partial charge in [-0.2, -0.15) is 5.10 Å². The number of nitrogens with zero attached hydrogens (tertiary/aromatic N) is 3. The van der Waals surface area contributed by atoms with Gasteiger partial charge in [0.1, 0.15) is 9.88 Å². The average molecular weight is 279 g/mol. The Hall–Kier alpha value is -1.69. The molecule has 0 spiro atoms. The first-order valence-electron chi connectivity index (χ1n) is 6.20. The highest BCUT2D eigenvalue weighted by atomic mass is 32.1. The Labute approximate surface area is 115 Å². The molecule has 5 nitrogen and oxygen atoms in total. The molecule has 19 heavy (non-hydrogen) atoms. The second-order valence-corrected chi connectivity index (χ2v) is 5.71. The first kappa shape index (κ1) is 13.7. The normalized spacial score (nSPS) is 11.2. The van der Waals surface area contributed by atoms with Crippen LogP contribution in [0.4, 0.5) is 0 Å². The summed E-state index contributed by atoms with van der Waals surface area (Å²) in [5, 5.41) is 14.4. The van der Waals surface area contributed by atoms with Crippen molar-refractivity contribution in [2.24, 2.45) is 7.05 Å². The smallest absolute Gasteiger partial charge is 0.347 e. The van der Waals surface area contributed by atoms with E-state index < -0.39 is 5.97 Å². The maximum absolute atomic E-state index is 11.3. The Kier molecular flexibility index (Phi) is 3.71. The first-order chi connectivity index (χ1) is 8.93. The van der Waals surface area contributed by atoms with Crippen molar-refractivity contribution in [2.45, 2.75) is 33.1 Å². The topological polar surface area (TPSA) is 68.0 Å². The minimum atomic E-state index is -0.908. The van der Waals surface area contributed by atoms with Crippen LogP contribution in [0.2, 0.25) is 0 Å². The lowest BCUT2D eigenvalue weighted by atomic mass is 10.1. The molecule has 2 aromatic heterocycles. The van der Waals surface area contributed by atoms with E-state index in [-0.39, 0.29) is 5.92 Å². The third-order valence-corrected chi connectivity index (χ3v) is 3.96. The number of thiazole rings is 1. The summed E-state index contributed by atoms with van der Waals surface area (Å²) in [6.07, 6.45) is 2.70. The van der Waals surface area contributed by atoms with E-state index in [0.717, 1.165) is 22.7 Å². The lowest BCUT2D eigenvalue weighted by Crippen LogP contribution is -2.00. The Morgan fingerprint density at radius 3 is 2.68 bits per heavy atom. The van der Waals surface area contributed by atoms with Crippen molar-refractivity contribution in [2.75, 3.05) is 0 Å². The van der Waals surface area contributed by atoms with Crippen molar-refractivity contribution in [1.82, 2.24) is 14.8 Å². The van der Waals surface area contributed by atoms with Crippen molar-refractivity contribution in [3.63, 3.8) is 0 Å². The number of rotatable bonds is 4. The average Bonchev–Trinajstić information content (AvgIpc) is 2.91. The summed E-state index contributed by atoms with van der Waals surface area (Å²) in [4.78, 5) is 16.1. The highest BCUT2D eigenvalue weighted by Crippen LogP contribution is 2.33. The molecule has 2 aromatic rings. The molecule has 0 aliphatic carbocycles. The molecule has 2 heterocycles. The molecule has 1 N–H and O–H groups in total. The van der Waals surface area contributed by atoms with Gasteiger partial charge >= 0.3 is 5.97 Å². The highest BCUT2D eigenvalue weighted by molar-refractivity contribution is 7.17. The number of aromatic carboxylic acids is 1. The molecule has 0 aromatic carbocycles. The molecule has 6 heteroatoms. The van der Waals surface area contributed by atoms with Gasteiger partial charge in [-0.15, -0.1) is 11.3 Å². The lowest BCUT2D eigenvalue weighted by molar-refractivity contribution is 0.0700. The Morgan fingerprint density at radius 2 is 2.21 bits per heavy atom. The van der Waals surface area contributed by atoms with E-state index in [1.165, 1.54) is 11.3 Å². The molecule has 0 bridgehead atoms. The monoisotopic (exact) mass is 279 g/mol. The molecule has 0 saturated carbocycles. The largest absolute Gasteiger partial charge is 0.477 e. The summed E-state index contributed by atoms with van der Waals surface area (Å²) in [6.45, 7) is 5.94. The predicted molar refractivity (Wildman–Crippen MR) is 74.7 cm³/mol. The van der Waals surface area contributed by atoms with Crippen molar-refractivity contribution < 1.29 is 9.90 Å². The van der Waals surface area contributed by atoms with Crippen LogP contribution in [0.1, 0.15) is 47.7 Å². The third-order valence-electron chi connectivity index (χ3n) is 2.87. The van der Waals surface area contributed by atoms with Crippen LogP contribution in [0.5, 0.6) is 0 Å². The fourth-order valence-corrected chi connectivity index (χ4v) is 3.06. The predicted octanol–water partition coefficient (Wildman–Crippen LogP) is 2.93. The molecule has 0 radical (unpaired) electrons. The summed E-state index contributed by atoms with van der Waals surface area (Å²) in [6, 6.07) is 0. The van der Waals surface area contributed by atoms with Crippen LogP contribution in [-0.4, -0.2) is 25.8 Å². The zero-order valence-corrected chi connectivity index (χ0v) is 12.3. The quantitative estimate of drug-likeness (QED) is 0.934. The van der Waals surface area contributed by atoms with Crippen molar-refractivity contribution in [1.29, 1.82) is 0 Å². The lowest BCUT2D eigenvalue weighted by Gasteiger charge is -2.00. The summed E-state index contributed by atoms with van der Waals surface area (Å²) < 4.78 is 1.74. The van der Waals surface area contributed by atoms with E-state index >= 15 is 0 Å². The van der Waals surface area contributed by atoms with E-state index in [4.69, 9.17) is 0 Å². The van der Waals surface area contributed by atoms with Gasteiger partial charge in [0.25, 0.3) is 0 Å². The number of aromatic nitrogens is 3. The minimum Gasteiger partial charge on any atom is -0.477 e. The maximum Gasteiger partial charge on any atom is 0.347 e. The van der Waals surface area contributed by atoms with Crippen LogP contribution in [-0.2, 0) is 13.5 Å². The summed E-state index contributed by atoms with van der Waals surface area (Å²) in [5.74, 6) is -0.813. The van der Waals surface area contributed by atoms with Gasteiger partial charge in [-0.1, -0.05) is 20.8 Å². The van der Waals surface area contributed by atoms with Gasteiger partial charge in [0.15, 0.2) is 0 Å². The van der Waals surface area contributed by atoms with Gasteiger partial charge in [-0.3, -0.25) is 4.68 Å². The maximum atomic E-state index is 11.3. The fraction of sp³-hybridized carbons (Fsp3) is 0.462. The van der Waals surface area contributed by atoms with Gasteiger partial charge in [0.2, 0.25) is 0 Å². The van der Waals surface area contributed by atoms with Gasteiger partial charge in [0, 0.05) is 13.2 Å². The summed E-state index contributed by atoms with van der Waals surface area (Å²) in [5.41, 5.74) is 2.53. The zero-order valence-electron chi connectivity index (χ0n) is 11.5. The number of carboxylic acids is 1. The number of carbonyl (C=O) groups is 1. The van der Waals surface area contributed by atoms with E-state index in [1.54, 1.807) is 4.68 Å². The van der Waals surface area contributed by atoms with E-state index in [0.29, 0.717) is 10.6 Å². The summed E-state index contributed by atoms with van der Waals surface area (Å²) in [7, 11) is 1.86. The molecule has 0 aliphatic heterocycles. The molecule has 0 atom stereocenters. The molecule has 0 saturated heterocycles. The Bertz CT molecular complexity index is 613. The van der Waals surface area contributed by atoms with Gasteiger partial charge in [0.05, 0.1) is 17.0 Å². The molecule has 2 rings (SSSR count). The molecule has 102 valence electrons. The molecule has 0 fully saturated rings. The first-order valence-corrected chi connectivity index (χ1v) is 7.02. The number of carboxylic acid groups (broad SMARTS) is 1. The van der Waals surface area contributed by atoms with E-state index in [9.17, 15) is 9.90 Å². The van der Waals surface area contributed by atoms with Crippen LogP contribution in [0.3, 0.4) is 0 Å². The van der Waals surface area contributed by atoms with Gasteiger partial charge in [-0.05, 0) is 12.3 Å². The Morgan fingerprint density at radius 1 is 1.53 bits per heavy atom. The minimum absolute atomic E-state index is 0.0952. The summed E-state index contributed by atoms with van der Waals surface area (Å²) >= 11 is 1.23. The molecular formula is C13H17N3O2S. The van der Waals surface area contributed by atoms with Gasteiger partial charge < -0.3 is 5.11 Å². The molecular weight excluding hydrogens is 262 g/mol. The molecule has 0 amide bonds. The van der Waals surface area contributed by atoms with Crippen LogP contribution in [0.15, 0.2) is 6.20 Å². The third kappa shape index (κ3) is 2.53. The molecule has 0 unspecified atom stereocenters. The van der Waals surface area contributed by atoms with Crippen LogP contribution in [0, 0.1) is 0 Å². The SMILES string of the molecule is CCc1nn(C)cc1-c1nc(C(C)C)c(C(=O)O)s1. The highest BCUT2D eigenvalue weighted by Gasteiger charge is 2.22. The van der Waals surface area contributed by atoms with Crippen molar-refractivity contribution in [3.8, 4) is 10.6 Å². The van der Waals surface area contributed by atoms with Gasteiger partial charge in [-0.25, -0.2) is 9.78 Å². The van der Waals surface area contributed by atoms with E-state index in [2.05, 4.69) is 10.1 Å². The van der Waals surface area contributed by atoms with Crippen LogP contribution < -0.4 is 0 Å². The number of hydrogen-bond donors (Lipinski definition) is 1. The van der Waals surface area contributed by atoms with Crippen molar-refractivity contribution in [3.05, 3.63) is 22.5 Å². The Balaban J connectivity index is 2.57. The van der Waals surface area contributed by atoms with E-state index in [1.807, 2.05) is 34.0 Å².